The van der Waals surface area contributed by atoms with Crippen molar-refractivity contribution in [2.45, 2.75) is 6.54 Å². The number of nitrogens with two attached hydrogens (primary N) is 1. The van der Waals surface area contributed by atoms with E-state index < -0.39 is 0 Å². The molecular weight excluding hydrogens is 326 g/mol. The van der Waals surface area contributed by atoms with Crippen molar-refractivity contribution in [2.75, 3.05) is 5.73 Å². The SMILES string of the molecule is Nc1cccc(Cn2cnc3ccsc3c2=O)c1Br. The molecule has 4 nitrogen and oxygen atoms in total. The lowest BCUT2D eigenvalue weighted by Crippen LogP contribution is -2.20. The number of fused-ring (bicyclic) bond motifs is 1. The average molecular weight is 336 g/mol. The van der Waals surface area contributed by atoms with Crippen molar-refractivity contribution < 1.29 is 0 Å². The van der Waals surface area contributed by atoms with Crippen LogP contribution in [0.1, 0.15) is 5.56 Å². The van der Waals surface area contributed by atoms with Gasteiger partial charge in [-0.25, -0.2) is 4.98 Å². The molecule has 0 aliphatic carbocycles. The van der Waals surface area contributed by atoms with Crippen molar-refractivity contribution in [1.82, 2.24) is 9.55 Å². The zero-order chi connectivity index (χ0) is 13.4. The van der Waals surface area contributed by atoms with Crippen molar-refractivity contribution in [3.8, 4) is 0 Å². The highest BCUT2D eigenvalue weighted by Crippen LogP contribution is 2.24. The molecule has 0 aliphatic rings. The predicted octanol–water partition coefficient (Wildman–Crippen LogP) is 2.85. The lowest BCUT2D eigenvalue weighted by Gasteiger charge is -2.08. The lowest BCUT2D eigenvalue weighted by atomic mass is 10.2. The highest BCUT2D eigenvalue weighted by molar-refractivity contribution is 9.10. The number of rotatable bonds is 2. The van der Waals surface area contributed by atoms with Gasteiger partial charge in [-0.1, -0.05) is 12.1 Å². The highest BCUT2D eigenvalue weighted by Gasteiger charge is 2.08. The largest absolute Gasteiger partial charge is 0.398 e. The van der Waals surface area contributed by atoms with E-state index >= 15 is 0 Å². The quantitative estimate of drug-likeness (QED) is 0.732. The summed E-state index contributed by atoms with van der Waals surface area (Å²) in [7, 11) is 0. The van der Waals surface area contributed by atoms with Crippen molar-refractivity contribution in [2.24, 2.45) is 0 Å². The van der Waals surface area contributed by atoms with Gasteiger partial charge >= 0.3 is 0 Å². The molecule has 0 spiro atoms. The third kappa shape index (κ3) is 2.17. The van der Waals surface area contributed by atoms with Crippen LogP contribution in [0.4, 0.5) is 5.69 Å². The molecule has 0 atom stereocenters. The Morgan fingerprint density at radius 3 is 3.05 bits per heavy atom. The summed E-state index contributed by atoms with van der Waals surface area (Å²) >= 11 is 4.86. The molecule has 2 N–H and O–H groups in total. The van der Waals surface area contributed by atoms with Crippen LogP contribution in [-0.2, 0) is 6.54 Å². The second-order valence-electron chi connectivity index (χ2n) is 4.13. The van der Waals surface area contributed by atoms with Gasteiger partial charge in [0.25, 0.3) is 5.56 Å². The molecule has 0 saturated carbocycles. The second kappa shape index (κ2) is 4.79. The number of anilines is 1. The molecule has 2 heterocycles. The molecule has 0 amide bonds. The van der Waals surface area contributed by atoms with Gasteiger partial charge in [-0.05, 0) is 39.0 Å². The molecular formula is C13H10BrN3OS. The van der Waals surface area contributed by atoms with Gasteiger partial charge in [0.1, 0.15) is 4.70 Å². The summed E-state index contributed by atoms with van der Waals surface area (Å²) in [4.78, 5) is 16.6. The van der Waals surface area contributed by atoms with Gasteiger partial charge in [0.2, 0.25) is 0 Å². The number of hydrogen-bond acceptors (Lipinski definition) is 4. The molecule has 19 heavy (non-hydrogen) atoms. The van der Waals surface area contributed by atoms with Crippen LogP contribution >= 0.6 is 27.3 Å². The topological polar surface area (TPSA) is 60.9 Å². The van der Waals surface area contributed by atoms with Crippen LogP contribution in [0, 0.1) is 0 Å². The molecule has 0 aliphatic heterocycles. The third-order valence-corrected chi connectivity index (χ3v) is 4.74. The Hall–Kier alpha value is -1.66. The van der Waals surface area contributed by atoms with Gasteiger partial charge in [-0.15, -0.1) is 11.3 Å². The Morgan fingerprint density at radius 2 is 2.21 bits per heavy atom. The fourth-order valence-corrected chi connectivity index (χ4v) is 3.08. The van der Waals surface area contributed by atoms with Gasteiger partial charge < -0.3 is 5.73 Å². The first kappa shape index (κ1) is 12.4. The summed E-state index contributed by atoms with van der Waals surface area (Å²) in [6.45, 7) is 0.450. The zero-order valence-electron chi connectivity index (χ0n) is 9.84. The minimum atomic E-state index is -0.0191. The summed E-state index contributed by atoms with van der Waals surface area (Å²) in [6.07, 6.45) is 1.58. The maximum absolute atomic E-state index is 12.3. The van der Waals surface area contributed by atoms with Crippen LogP contribution in [-0.4, -0.2) is 9.55 Å². The Labute approximate surface area is 121 Å². The van der Waals surface area contributed by atoms with E-state index in [0.717, 1.165) is 15.6 Å². The highest BCUT2D eigenvalue weighted by atomic mass is 79.9. The first-order valence-corrected chi connectivity index (χ1v) is 7.29. The predicted molar refractivity (Wildman–Crippen MR) is 81.5 cm³/mol. The first-order valence-electron chi connectivity index (χ1n) is 5.62. The molecule has 1 aromatic carbocycles. The molecule has 0 radical (unpaired) electrons. The molecule has 6 heteroatoms. The van der Waals surface area contributed by atoms with Crippen molar-refractivity contribution >= 4 is 43.2 Å². The third-order valence-electron chi connectivity index (χ3n) is 2.89. The van der Waals surface area contributed by atoms with Gasteiger partial charge in [0.15, 0.2) is 0 Å². The van der Waals surface area contributed by atoms with E-state index in [0.29, 0.717) is 16.9 Å². The van der Waals surface area contributed by atoms with Gasteiger partial charge in [0.05, 0.1) is 18.4 Å². The zero-order valence-corrected chi connectivity index (χ0v) is 12.2. The van der Waals surface area contributed by atoms with Crippen molar-refractivity contribution in [1.29, 1.82) is 0 Å². The molecule has 96 valence electrons. The van der Waals surface area contributed by atoms with Crippen LogP contribution in [0.25, 0.3) is 10.2 Å². The minimum Gasteiger partial charge on any atom is -0.398 e. The molecule has 0 unspecified atom stereocenters. The molecule has 3 rings (SSSR count). The van der Waals surface area contributed by atoms with Gasteiger partial charge in [-0.3, -0.25) is 9.36 Å². The summed E-state index contributed by atoms with van der Waals surface area (Å²) in [5, 5.41) is 1.87. The lowest BCUT2D eigenvalue weighted by molar-refractivity contribution is 0.748. The van der Waals surface area contributed by atoms with E-state index in [1.807, 2.05) is 29.6 Å². The van der Waals surface area contributed by atoms with Crippen LogP contribution < -0.4 is 11.3 Å². The Morgan fingerprint density at radius 1 is 1.37 bits per heavy atom. The van der Waals surface area contributed by atoms with Crippen molar-refractivity contribution in [3.05, 3.63) is 56.4 Å². The van der Waals surface area contributed by atoms with Crippen molar-refractivity contribution in [3.63, 3.8) is 0 Å². The molecule has 0 bridgehead atoms. The summed E-state index contributed by atoms with van der Waals surface area (Å²) < 4.78 is 3.11. The van der Waals surface area contributed by atoms with Gasteiger partial charge in [0, 0.05) is 10.2 Å². The number of hydrogen-bond donors (Lipinski definition) is 1. The van der Waals surface area contributed by atoms with Crippen LogP contribution in [0.3, 0.4) is 0 Å². The van der Waals surface area contributed by atoms with Gasteiger partial charge in [-0.2, -0.15) is 0 Å². The number of thiophene rings is 1. The maximum Gasteiger partial charge on any atom is 0.271 e. The summed E-state index contributed by atoms with van der Waals surface area (Å²) in [6, 6.07) is 7.47. The van der Waals surface area contributed by atoms with Crippen LogP contribution in [0.15, 0.2) is 45.2 Å². The van der Waals surface area contributed by atoms with Crippen LogP contribution in [0.2, 0.25) is 0 Å². The number of aromatic nitrogens is 2. The minimum absolute atomic E-state index is 0.0191. The van der Waals surface area contributed by atoms with E-state index in [4.69, 9.17) is 5.73 Å². The standard InChI is InChI=1S/C13H10BrN3OS/c14-11-8(2-1-3-9(11)15)6-17-7-16-10-4-5-19-12(10)13(17)18/h1-5,7H,6,15H2. The average Bonchev–Trinajstić information content (AvgIpc) is 2.87. The van der Waals surface area contributed by atoms with Crippen LogP contribution in [0.5, 0.6) is 0 Å². The number of benzene rings is 1. The fraction of sp³-hybridized carbons (Fsp3) is 0.0769. The summed E-state index contributed by atoms with van der Waals surface area (Å²) in [5.41, 5.74) is 8.19. The Kier molecular flexibility index (Phi) is 3.12. The molecule has 3 aromatic rings. The monoisotopic (exact) mass is 335 g/mol. The first-order chi connectivity index (χ1) is 9.16. The number of nitrogens with zero attached hydrogens (tertiary/aromatic N) is 2. The number of nitrogen functional groups attached to an aromatic ring is 1. The molecule has 2 aromatic heterocycles. The van der Waals surface area contributed by atoms with E-state index in [1.165, 1.54) is 11.3 Å². The van der Waals surface area contributed by atoms with E-state index in [-0.39, 0.29) is 5.56 Å². The normalized spacial score (nSPS) is 11.0. The maximum atomic E-state index is 12.3. The Bertz CT molecular complexity index is 809. The van der Waals surface area contributed by atoms with E-state index in [9.17, 15) is 4.79 Å². The molecule has 0 saturated heterocycles. The summed E-state index contributed by atoms with van der Waals surface area (Å²) in [5.74, 6) is 0. The van der Waals surface area contributed by atoms with E-state index in [1.54, 1.807) is 10.9 Å². The second-order valence-corrected chi connectivity index (χ2v) is 5.84. The Balaban J connectivity index is 2.08. The smallest absolute Gasteiger partial charge is 0.271 e. The number of halogens is 1. The molecule has 0 fully saturated rings. The fourth-order valence-electron chi connectivity index (χ4n) is 1.90. The van der Waals surface area contributed by atoms with E-state index in [2.05, 4.69) is 20.9 Å².